The number of aryl methyl sites for hydroxylation is 2. The number of hydrogen-bond acceptors (Lipinski definition) is 0. The first kappa shape index (κ1) is 11.3. The molecule has 0 aliphatic heterocycles. The molecule has 0 heteroatoms. The van der Waals surface area contributed by atoms with E-state index in [4.69, 9.17) is 0 Å². The molecule has 1 aliphatic carbocycles. The van der Waals surface area contributed by atoms with Crippen molar-refractivity contribution in [1.29, 1.82) is 0 Å². The van der Waals surface area contributed by atoms with Gasteiger partial charge in [-0.05, 0) is 53.5 Å². The summed E-state index contributed by atoms with van der Waals surface area (Å²) in [4.78, 5) is 0. The first-order valence-electron chi connectivity index (χ1n) is 6.71. The molecule has 0 amide bonds. The van der Waals surface area contributed by atoms with Gasteiger partial charge >= 0.3 is 0 Å². The van der Waals surface area contributed by atoms with Crippen LogP contribution in [0.2, 0.25) is 0 Å². The molecule has 90 valence electrons. The summed E-state index contributed by atoms with van der Waals surface area (Å²) in [6.45, 7) is 4.24. The molecule has 0 radical (unpaired) electrons. The lowest BCUT2D eigenvalue weighted by Crippen LogP contribution is -2.03. The van der Waals surface area contributed by atoms with Crippen molar-refractivity contribution in [3.63, 3.8) is 0 Å². The van der Waals surface area contributed by atoms with Gasteiger partial charge in [-0.3, -0.25) is 0 Å². The molecular weight excluding hydrogens is 216 g/mol. The Morgan fingerprint density at radius 2 is 1.50 bits per heavy atom. The fourth-order valence-electron chi connectivity index (χ4n) is 2.73. The largest absolute Gasteiger partial charge is 0.0906 e. The van der Waals surface area contributed by atoms with E-state index in [0.717, 1.165) is 5.57 Å². The quantitative estimate of drug-likeness (QED) is 0.711. The van der Waals surface area contributed by atoms with Gasteiger partial charge < -0.3 is 0 Å². The third-order valence-corrected chi connectivity index (χ3v) is 3.82. The summed E-state index contributed by atoms with van der Waals surface area (Å²) in [5.41, 5.74) is 6.67. The Bertz CT molecular complexity index is 564. The molecule has 0 N–H and O–H groups in total. The summed E-state index contributed by atoms with van der Waals surface area (Å²) in [5.74, 6) is 0. The van der Waals surface area contributed by atoms with Crippen molar-refractivity contribution in [2.75, 3.05) is 0 Å². The minimum absolute atomic E-state index is 1.13. The van der Waals surface area contributed by atoms with E-state index in [1.807, 2.05) is 6.07 Å². The number of hydrogen-bond donors (Lipinski definition) is 0. The Labute approximate surface area is 109 Å². The minimum Gasteiger partial charge on any atom is -0.0906 e. The molecule has 0 nitrogen and oxygen atoms in total. The number of rotatable bonds is 2. The van der Waals surface area contributed by atoms with Crippen molar-refractivity contribution in [2.24, 2.45) is 0 Å². The predicted octanol–water partition coefficient (Wildman–Crippen LogP) is 4.63. The first-order valence-corrected chi connectivity index (χ1v) is 6.71. The van der Waals surface area contributed by atoms with Gasteiger partial charge in [0.1, 0.15) is 0 Å². The van der Waals surface area contributed by atoms with Crippen molar-refractivity contribution < 1.29 is 0 Å². The lowest BCUT2D eigenvalue weighted by atomic mass is 9.88. The Balaban J connectivity index is 1.95. The van der Waals surface area contributed by atoms with Gasteiger partial charge in [-0.2, -0.15) is 0 Å². The van der Waals surface area contributed by atoms with Gasteiger partial charge in [0.05, 0.1) is 0 Å². The smallest absolute Gasteiger partial charge is 0.0181 e. The molecule has 0 saturated carbocycles. The average molecular weight is 234 g/mol. The molecule has 3 rings (SSSR count). The average Bonchev–Trinajstić information content (AvgIpc) is 2.47. The van der Waals surface area contributed by atoms with Crippen LogP contribution in [-0.2, 0) is 12.8 Å². The Morgan fingerprint density at radius 3 is 2.28 bits per heavy atom. The third-order valence-electron chi connectivity index (χ3n) is 3.82. The van der Waals surface area contributed by atoms with Crippen LogP contribution in [0.15, 0.2) is 55.1 Å². The van der Waals surface area contributed by atoms with Crippen LogP contribution in [0.5, 0.6) is 0 Å². The van der Waals surface area contributed by atoms with Gasteiger partial charge in [-0.25, -0.2) is 0 Å². The Hall–Kier alpha value is -1.82. The molecule has 0 spiro atoms. The van der Waals surface area contributed by atoms with E-state index in [-0.39, 0.29) is 0 Å². The Kier molecular flexibility index (Phi) is 3.02. The third kappa shape index (κ3) is 2.11. The Morgan fingerprint density at radius 1 is 0.778 bits per heavy atom. The maximum atomic E-state index is 4.24. The highest BCUT2D eigenvalue weighted by Gasteiger charge is 2.10. The van der Waals surface area contributed by atoms with Crippen LogP contribution < -0.4 is 0 Å². The SMILES string of the molecule is C=C(c1ccccc1)c1ccc2c(c1)CCCC2. The second kappa shape index (κ2) is 4.81. The van der Waals surface area contributed by atoms with Crippen LogP contribution in [0.1, 0.15) is 35.1 Å². The maximum absolute atomic E-state index is 4.24. The summed E-state index contributed by atoms with van der Waals surface area (Å²) >= 11 is 0. The topological polar surface area (TPSA) is 0 Å². The zero-order chi connectivity index (χ0) is 12.4. The van der Waals surface area contributed by atoms with Crippen molar-refractivity contribution in [3.05, 3.63) is 77.4 Å². The molecule has 0 unspecified atom stereocenters. The summed E-state index contributed by atoms with van der Waals surface area (Å²) in [5, 5.41) is 0. The molecule has 0 bridgehead atoms. The predicted molar refractivity (Wildman–Crippen MR) is 77.7 cm³/mol. The van der Waals surface area contributed by atoms with Crippen LogP contribution in [0.25, 0.3) is 5.57 Å². The molecule has 0 aromatic heterocycles. The normalized spacial score (nSPS) is 14.0. The number of fused-ring (bicyclic) bond motifs is 1. The standard InChI is InChI=1S/C18H18/c1-14(15-7-3-2-4-8-15)17-12-11-16-9-5-6-10-18(16)13-17/h2-4,7-8,11-13H,1,5-6,9-10H2. The van der Waals surface area contributed by atoms with Gasteiger partial charge in [0.2, 0.25) is 0 Å². The van der Waals surface area contributed by atoms with Crippen LogP contribution in [-0.4, -0.2) is 0 Å². The van der Waals surface area contributed by atoms with Crippen LogP contribution >= 0.6 is 0 Å². The molecule has 0 fully saturated rings. The van der Waals surface area contributed by atoms with E-state index in [9.17, 15) is 0 Å². The van der Waals surface area contributed by atoms with Crippen molar-refractivity contribution in [3.8, 4) is 0 Å². The molecule has 0 heterocycles. The molecule has 2 aromatic carbocycles. The lowest BCUT2D eigenvalue weighted by molar-refractivity contribution is 0.685. The molecule has 0 atom stereocenters. The fourth-order valence-corrected chi connectivity index (χ4v) is 2.73. The second-order valence-corrected chi connectivity index (χ2v) is 5.04. The second-order valence-electron chi connectivity index (χ2n) is 5.04. The monoisotopic (exact) mass is 234 g/mol. The van der Waals surface area contributed by atoms with Crippen LogP contribution in [0, 0.1) is 0 Å². The minimum atomic E-state index is 1.13. The van der Waals surface area contributed by atoms with Crippen LogP contribution in [0.4, 0.5) is 0 Å². The van der Waals surface area contributed by atoms with E-state index in [1.54, 1.807) is 0 Å². The van der Waals surface area contributed by atoms with Gasteiger partial charge in [0, 0.05) is 0 Å². The van der Waals surface area contributed by atoms with Gasteiger partial charge in [-0.1, -0.05) is 55.1 Å². The van der Waals surface area contributed by atoms with Gasteiger partial charge in [-0.15, -0.1) is 0 Å². The van der Waals surface area contributed by atoms with Crippen molar-refractivity contribution in [2.45, 2.75) is 25.7 Å². The summed E-state index contributed by atoms with van der Waals surface area (Å²) in [6.07, 6.45) is 5.14. The summed E-state index contributed by atoms with van der Waals surface area (Å²) < 4.78 is 0. The number of benzene rings is 2. The van der Waals surface area contributed by atoms with Crippen molar-refractivity contribution in [1.82, 2.24) is 0 Å². The van der Waals surface area contributed by atoms with E-state index in [1.165, 1.54) is 47.9 Å². The zero-order valence-electron chi connectivity index (χ0n) is 10.7. The van der Waals surface area contributed by atoms with E-state index >= 15 is 0 Å². The summed E-state index contributed by atoms with van der Waals surface area (Å²) in [6, 6.07) is 17.3. The molecule has 0 saturated heterocycles. The van der Waals surface area contributed by atoms with Gasteiger partial charge in [0.25, 0.3) is 0 Å². The highest BCUT2D eigenvalue weighted by atomic mass is 14.2. The van der Waals surface area contributed by atoms with Gasteiger partial charge in [0.15, 0.2) is 0 Å². The molecule has 2 aromatic rings. The van der Waals surface area contributed by atoms with Crippen molar-refractivity contribution >= 4 is 5.57 Å². The molecule has 18 heavy (non-hydrogen) atoms. The lowest BCUT2D eigenvalue weighted by Gasteiger charge is -2.17. The summed E-state index contributed by atoms with van der Waals surface area (Å²) in [7, 11) is 0. The van der Waals surface area contributed by atoms with Crippen LogP contribution in [0.3, 0.4) is 0 Å². The fraction of sp³-hybridized carbons (Fsp3) is 0.222. The van der Waals surface area contributed by atoms with E-state index in [0.29, 0.717) is 0 Å². The molecule has 1 aliphatic rings. The van der Waals surface area contributed by atoms with E-state index < -0.39 is 0 Å². The zero-order valence-corrected chi connectivity index (χ0v) is 10.7. The maximum Gasteiger partial charge on any atom is -0.0181 e. The first-order chi connectivity index (χ1) is 8.84. The highest BCUT2D eigenvalue weighted by Crippen LogP contribution is 2.27. The molecular formula is C18H18. The van der Waals surface area contributed by atoms with E-state index in [2.05, 4.69) is 49.0 Å². The highest BCUT2D eigenvalue weighted by molar-refractivity contribution is 5.78.